The Morgan fingerprint density at radius 2 is 1.86 bits per heavy atom. The Balaban J connectivity index is 1.50. The first-order chi connectivity index (χ1) is 17.5. The first-order valence-corrected chi connectivity index (χ1v) is 11.9. The number of H-pyrrole nitrogens is 2. The number of pyridine rings is 1. The third-order valence-electron chi connectivity index (χ3n) is 6.59. The number of nitrogens with zero attached hydrogens (tertiary/aromatic N) is 6. The van der Waals surface area contributed by atoms with Crippen LogP contribution in [-0.4, -0.2) is 61.0 Å². The Kier molecular flexibility index (Phi) is 5.41. The van der Waals surface area contributed by atoms with Crippen LogP contribution in [0.3, 0.4) is 0 Å². The molecule has 0 unspecified atom stereocenters. The van der Waals surface area contributed by atoms with E-state index in [0.29, 0.717) is 47.1 Å². The normalized spacial score (nSPS) is 15.0. The SMILES string of the molecule is Cc1c(N2CCOCC2)ccc2[nH]c(-c3c(N[C@@H](C)c4ncccn4)c4nn(C)cc4[nH]c3=O)nc12. The number of hydrogen-bond donors (Lipinski definition) is 3. The van der Waals surface area contributed by atoms with Crippen LogP contribution >= 0.6 is 0 Å². The lowest BCUT2D eigenvalue weighted by atomic mass is 10.1. The zero-order valence-electron chi connectivity index (χ0n) is 20.4. The first-order valence-electron chi connectivity index (χ1n) is 11.9. The van der Waals surface area contributed by atoms with Gasteiger partial charge in [0, 0.05) is 50.0 Å². The largest absolute Gasteiger partial charge is 0.378 e. The molecule has 1 aliphatic rings. The zero-order chi connectivity index (χ0) is 24.8. The molecule has 6 rings (SSSR count). The van der Waals surface area contributed by atoms with Gasteiger partial charge in [0.2, 0.25) is 0 Å². The molecule has 11 heteroatoms. The van der Waals surface area contributed by atoms with Crippen molar-refractivity contribution in [3.63, 3.8) is 0 Å². The molecule has 0 aliphatic carbocycles. The van der Waals surface area contributed by atoms with Crippen LogP contribution in [-0.2, 0) is 11.8 Å². The summed E-state index contributed by atoms with van der Waals surface area (Å²) in [6.07, 6.45) is 5.18. The molecule has 0 radical (unpaired) electrons. The molecule has 5 aromatic rings. The van der Waals surface area contributed by atoms with Gasteiger partial charge < -0.3 is 24.9 Å². The Labute approximate surface area is 206 Å². The third kappa shape index (κ3) is 3.77. The van der Waals surface area contributed by atoms with E-state index in [1.165, 1.54) is 0 Å². The number of aromatic amines is 2. The van der Waals surface area contributed by atoms with Crippen LogP contribution in [0.2, 0.25) is 0 Å². The topological polar surface area (TPSA) is 130 Å². The van der Waals surface area contributed by atoms with E-state index < -0.39 is 0 Å². The van der Waals surface area contributed by atoms with E-state index in [9.17, 15) is 4.79 Å². The van der Waals surface area contributed by atoms with Gasteiger partial charge in [-0.25, -0.2) is 15.0 Å². The van der Waals surface area contributed by atoms with Crippen molar-refractivity contribution in [2.24, 2.45) is 7.05 Å². The zero-order valence-corrected chi connectivity index (χ0v) is 20.4. The number of rotatable bonds is 5. The van der Waals surface area contributed by atoms with E-state index in [1.807, 2.05) is 20.0 Å². The molecule has 0 bridgehead atoms. The fourth-order valence-electron chi connectivity index (χ4n) is 4.83. The maximum atomic E-state index is 13.4. The second kappa shape index (κ2) is 8.76. The molecule has 36 heavy (non-hydrogen) atoms. The third-order valence-corrected chi connectivity index (χ3v) is 6.59. The number of nitrogens with one attached hydrogen (secondary N) is 3. The van der Waals surface area contributed by atoms with E-state index in [4.69, 9.17) is 9.72 Å². The van der Waals surface area contributed by atoms with Crippen molar-refractivity contribution in [3.8, 4) is 11.4 Å². The Bertz CT molecular complexity index is 1610. The summed E-state index contributed by atoms with van der Waals surface area (Å²) in [5, 5.41) is 8.06. The van der Waals surface area contributed by atoms with Crippen LogP contribution in [0, 0.1) is 6.92 Å². The molecule has 0 saturated carbocycles. The number of ether oxygens (including phenoxy) is 1. The van der Waals surface area contributed by atoms with Crippen molar-refractivity contribution < 1.29 is 4.74 Å². The molecule has 3 N–H and O–H groups in total. The molecule has 1 fully saturated rings. The number of aromatic nitrogens is 7. The van der Waals surface area contributed by atoms with Gasteiger partial charge in [-0.3, -0.25) is 9.48 Å². The summed E-state index contributed by atoms with van der Waals surface area (Å²) >= 11 is 0. The van der Waals surface area contributed by atoms with Crippen molar-refractivity contribution in [2.75, 3.05) is 36.5 Å². The molecule has 4 aromatic heterocycles. The molecule has 1 saturated heterocycles. The van der Waals surface area contributed by atoms with Crippen molar-refractivity contribution in [2.45, 2.75) is 19.9 Å². The van der Waals surface area contributed by atoms with Crippen LogP contribution in [0.5, 0.6) is 0 Å². The highest BCUT2D eigenvalue weighted by Crippen LogP contribution is 2.34. The number of imidazole rings is 1. The minimum absolute atomic E-state index is 0.260. The molecule has 0 amide bonds. The number of aryl methyl sites for hydroxylation is 2. The number of anilines is 2. The van der Waals surface area contributed by atoms with Crippen molar-refractivity contribution >= 4 is 33.4 Å². The fraction of sp³-hybridized carbons (Fsp3) is 0.320. The Hall–Kier alpha value is -4.25. The molecule has 184 valence electrons. The van der Waals surface area contributed by atoms with Gasteiger partial charge in [0.15, 0.2) is 0 Å². The number of morpholine rings is 1. The first kappa shape index (κ1) is 22.2. The predicted molar refractivity (Wildman–Crippen MR) is 138 cm³/mol. The number of fused-ring (bicyclic) bond motifs is 2. The van der Waals surface area contributed by atoms with Gasteiger partial charge in [-0.1, -0.05) is 0 Å². The minimum atomic E-state index is -0.268. The second-order valence-corrected chi connectivity index (χ2v) is 9.03. The van der Waals surface area contributed by atoms with Crippen LogP contribution in [0.15, 0.2) is 41.6 Å². The van der Waals surface area contributed by atoms with Gasteiger partial charge in [0.25, 0.3) is 5.56 Å². The van der Waals surface area contributed by atoms with Gasteiger partial charge in [0.05, 0.1) is 41.5 Å². The maximum Gasteiger partial charge on any atom is 0.261 e. The highest BCUT2D eigenvalue weighted by molar-refractivity contribution is 5.97. The van der Waals surface area contributed by atoms with Crippen LogP contribution in [0.1, 0.15) is 24.4 Å². The summed E-state index contributed by atoms with van der Waals surface area (Å²) in [6.45, 7) is 7.12. The lowest BCUT2D eigenvalue weighted by Gasteiger charge is -2.30. The van der Waals surface area contributed by atoms with E-state index in [-0.39, 0.29) is 11.6 Å². The van der Waals surface area contributed by atoms with Gasteiger partial charge in [-0.15, -0.1) is 0 Å². The molecule has 1 aliphatic heterocycles. The maximum absolute atomic E-state index is 13.4. The predicted octanol–water partition coefficient (Wildman–Crippen LogP) is 2.91. The summed E-state index contributed by atoms with van der Waals surface area (Å²) in [4.78, 5) is 35.7. The van der Waals surface area contributed by atoms with Crippen molar-refractivity contribution in [1.82, 2.24) is 34.7 Å². The van der Waals surface area contributed by atoms with Crippen LogP contribution in [0.25, 0.3) is 33.5 Å². The van der Waals surface area contributed by atoms with Crippen molar-refractivity contribution in [1.29, 1.82) is 0 Å². The van der Waals surface area contributed by atoms with E-state index in [2.05, 4.69) is 48.2 Å². The van der Waals surface area contributed by atoms with Crippen molar-refractivity contribution in [3.05, 3.63) is 58.5 Å². The summed E-state index contributed by atoms with van der Waals surface area (Å²) < 4.78 is 7.19. The number of benzene rings is 1. The number of hydrogen-bond acceptors (Lipinski definition) is 8. The fourth-order valence-corrected chi connectivity index (χ4v) is 4.83. The highest BCUT2D eigenvalue weighted by Gasteiger charge is 2.23. The highest BCUT2D eigenvalue weighted by atomic mass is 16.5. The second-order valence-electron chi connectivity index (χ2n) is 9.03. The summed E-state index contributed by atoms with van der Waals surface area (Å²) in [6, 6.07) is 5.62. The van der Waals surface area contributed by atoms with Gasteiger partial charge in [0.1, 0.15) is 22.7 Å². The average Bonchev–Trinajstić information content (AvgIpc) is 3.48. The molecular weight excluding hydrogens is 458 g/mol. The lowest BCUT2D eigenvalue weighted by molar-refractivity contribution is 0.122. The average molecular weight is 486 g/mol. The smallest absolute Gasteiger partial charge is 0.261 e. The summed E-state index contributed by atoms with van der Waals surface area (Å²) in [7, 11) is 1.82. The standard InChI is InChI=1S/C25H27N9O2/c1-14-18(34-9-11-36-12-10-34)6-5-16-20(14)31-24(29-16)19-22(28-15(2)23-26-7-4-8-27-23)21-17(30-25(19)35)13-33(3)32-21/h4-8,13,15,28H,9-12H2,1-3H3,(H,29,31)(H,30,35)/t15-/m0/s1. The van der Waals surface area contributed by atoms with E-state index in [1.54, 1.807) is 29.3 Å². The van der Waals surface area contributed by atoms with E-state index >= 15 is 0 Å². The Morgan fingerprint density at radius 3 is 2.64 bits per heavy atom. The molecule has 5 heterocycles. The molecule has 1 aromatic carbocycles. The summed E-state index contributed by atoms with van der Waals surface area (Å²) in [5.41, 5.74) is 5.89. The molecule has 1 atom stereocenters. The Morgan fingerprint density at radius 1 is 1.08 bits per heavy atom. The van der Waals surface area contributed by atoms with Crippen LogP contribution < -0.4 is 15.8 Å². The lowest BCUT2D eigenvalue weighted by Crippen LogP contribution is -2.36. The van der Waals surface area contributed by atoms with Gasteiger partial charge in [-0.05, 0) is 32.0 Å². The molecular formula is C25H27N9O2. The van der Waals surface area contributed by atoms with E-state index in [0.717, 1.165) is 35.4 Å². The minimum Gasteiger partial charge on any atom is -0.378 e. The summed E-state index contributed by atoms with van der Waals surface area (Å²) in [5.74, 6) is 1.09. The van der Waals surface area contributed by atoms with Gasteiger partial charge >= 0.3 is 0 Å². The van der Waals surface area contributed by atoms with Gasteiger partial charge in [-0.2, -0.15) is 5.10 Å². The quantitative estimate of drug-likeness (QED) is 0.347. The van der Waals surface area contributed by atoms with Crippen LogP contribution in [0.4, 0.5) is 11.4 Å². The molecule has 11 nitrogen and oxygen atoms in total. The molecule has 0 spiro atoms. The monoisotopic (exact) mass is 485 g/mol.